The Labute approximate surface area is 151 Å². The summed E-state index contributed by atoms with van der Waals surface area (Å²) >= 11 is 1.39. The molecule has 6 heteroatoms. The molecule has 0 saturated carbocycles. The standard InChI is InChI=1S/C19H22N2O3S/c1-13-7-6-8-14(2)21(13)17(22)11-24-19(23)16-12-25-18(20-16)15-9-4-3-5-10-15/h3-5,9-10,12-14H,6-8,11H2,1-2H3/t13-,14-/m1/s1. The van der Waals surface area contributed by atoms with E-state index in [9.17, 15) is 9.59 Å². The first kappa shape index (κ1) is 17.6. The molecule has 0 bridgehead atoms. The largest absolute Gasteiger partial charge is 0.451 e. The summed E-state index contributed by atoms with van der Waals surface area (Å²) in [6.45, 7) is 3.86. The normalized spacial score (nSPS) is 20.3. The number of ether oxygens (including phenoxy) is 1. The number of carbonyl (C=O) groups excluding carboxylic acids is 2. The van der Waals surface area contributed by atoms with Crippen molar-refractivity contribution >= 4 is 23.2 Å². The number of piperidine rings is 1. The number of benzene rings is 1. The summed E-state index contributed by atoms with van der Waals surface area (Å²) in [5.41, 5.74) is 1.20. The smallest absolute Gasteiger partial charge is 0.358 e. The van der Waals surface area contributed by atoms with Gasteiger partial charge in [-0.25, -0.2) is 9.78 Å². The van der Waals surface area contributed by atoms with Crippen LogP contribution in [0.3, 0.4) is 0 Å². The zero-order chi connectivity index (χ0) is 17.8. The fourth-order valence-electron chi connectivity index (χ4n) is 3.27. The molecule has 2 heterocycles. The highest BCUT2D eigenvalue weighted by molar-refractivity contribution is 7.13. The lowest BCUT2D eigenvalue weighted by atomic mass is 9.97. The first-order chi connectivity index (χ1) is 12.1. The van der Waals surface area contributed by atoms with Crippen LogP contribution in [0.4, 0.5) is 0 Å². The predicted molar refractivity (Wildman–Crippen MR) is 97.5 cm³/mol. The first-order valence-corrected chi connectivity index (χ1v) is 9.43. The Morgan fingerprint density at radius 1 is 1.20 bits per heavy atom. The summed E-state index contributed by atoms with van der Waals surface area (Å²) in [4.78, 5) is 30.8. The molecule has 3 rings (SSSR count). The second-order valence-corrected chi connectivity index (χ2v) is 7.27. The van der Waals surface area contributed by atoms with Gasteiger partial charge in [0, 0.05) is 23.0 Å². The van der Waals surface area contributed by atoms with Gasteiger partial charge in [-0.2, -0.15) is 0 Å². The zero-order valence-electron chi connectivity index (χ0n) is 14.5. The van der Waals surface area contributed by atoms with Crippen molar-refractivity contribution in [3.8, 4) is 10.6 Å². The highest BCUT2D eigenvalue weighted by atomic mass is 32.1. The quantitative estimate of drug-likeness (QED) is 0.781. The van der Waals surface area contributed by atoms with Gasteiger partial charge in [0.2, 0.25) is 0 Å². The van der Waals surface area contributed by atoms with Crippen molar-refractivity contribution in [3.63, 3.8) is 0 Å². The highest BCUT2D eigenvalue weighted by Crippen LogP contribution is 2.24. The maximum absolute atomic E-state index is 12.4. The molecule has 1 aliphatic heterocycles. The number of rotatable bonds is 4. The maximum Gasteiger partial charge on any atom is 0.358 e. The molecule has 1 aromatic carbocycles. The number of likely N-dealkylation sites (tertiary alicyclic amines) is 1. The highest BCUT2D eigenvalue weighted by Gasteiger charge is 2.29. The lowest BCUT2D eigenvalue weighted by Gasteiger charge is -2.38. The summed E-state index contributed by atoms with van der Waals surface area (Å²) in [6.07, 6.45) is 3.13. The topological polar surface area (TPSA) is 59.5 Å². The number of nitrogens with zero attached hydrogens (tertiary/aromatic N) is 2. The van der Waals surface area contributed by atoms with Gasteiger partial charge in [-0.3, -0.25) is 4.79 Å². The molecule has 2 atom stereocenters. The van der Waals surface area contributed by atoms with E-state index in [1.54, 1.807) is 5.38 Å². The monoisotopic (exact) mass is 358 g/mol. The fourth-order valence-corrected chi connectivity index (χ4v) is 4.06. The van der Waals surface area contributed by atoms with Crippen LogP contribution in [0.25, 0.3) is 10.6 Å². The molecule has 0 N–H and O–H groups in total. The average Bonchev–Trinajstić information content (AvgIpc) is 3.10. The number of thiazole rings is 1. The third-order valence-electron chi connectivity index (χ3n) is 4.54. The Kier molecular flexibility index (Phi) is 5.48. The van der Waals surface area contributed by atoms with Crippen LogP contribution >= 0.6 is 11.3 Å². The summed E-state index contributed by atoms with van der Waals surface area (Å²) < 4.78 is 5.20. The Hall–Kier alpha value is -2.21. The van der Waals surface area contributed by atoms with Gasteiger partial charge < -0.3 is 9.64 Å². The van der Waals surface area contributed by atoms with Gasteiger partial charge in [-0.15, -0.1) is 11.3 Å². The third-order valence-corrected chi connectivity index (χ3v) is 5.43. The molecule has 1 saturated heterocycles. The molecule has 1 aromatic heterocycles. The van der Waals surface area contributed by atoms with Gasteiger partial charge >= 0.3 is 5.97 Å². The van der Waals surface area contributed by atoms with E-state index in [4.69, 9.17) is 4.74 Å². The lowest BCUT2D eigenvalue weighted by molar-refractivity contribution is -0.140. The number of carbonyl (C=O) groups is 2. The van der Waals surface area contributed by atoms with E-state index in [2.05, 4.69) is 4.98 Å². The van der Waals surface area contributed by atoms with E-state index < -0.39 is 5.97 Å². The van der Waals surface area contributed by atoms with Crippen LogP contribution in [0, 0.1) is 0 Å². The van der Waals surface area contributed by atoms with Crippen LogP contribution in [-0.2, 0) is 9.53 Å². The number of hydrogen-bond donors (Lipinski definition) is 0. The van der Waals surface area contributed by atoms with Crippen molar-refractivity contribution in [2.75, 3.05) is 6.61 Å². The van der Waals surface area contributed by atoms with Crippen molar-refractivity contribution in [2.24, 2.45) is 0 Å². The number of aromatic nitrogens is 1. The summed E-state index contributed by atoms with van der Waals surface area (Å²) in [5.74, 6) is -0.685. The van der Waals surface area contributed by atoms with E-state index in [-0.39, 0.29) is 30.3 Å². The zero-order valence-corrected chi connectivity index (χ0v) is 15.3. The van der Waals surface area contributed by atoms with Crippen molar-refractivity contribution in [2.45, 2.75) is 45.2 Å². The Morgan fingerprint density at radius 2 is 1.88 bits per heavy atom. The van der Waals surface area contributed by atoms with Crippen LogP contribution in [0.1, 0.15) is 43.6 Å². The van der Waals surface area contributed by atoms with Gasteiger partial charge in [0.15, 0.2) is 12.3 Å². The molecule has 0 unspecified atom stereocenters. The second kappa shape index (κ2) is 7.78. The van der Waals surface area contributed by atoms with Crippen molar-refractivity contribution < 1.29 is 14.3 Å². The summed E-state index contributed by atoms with van der Waals surface area (Å²) in [7, 11) is 0. The molecule has 132 valence electrons. The number of amides is 1. The van der Waals surface area contributed by atoms with Gasteiger partial charge in [0.05, 0.1) is 0 Å². The molecule has 1 amide bonds. The van der Waals surface area contributed by atoms with E-state index in [0.717, 1.165) is 29.8 Å². The van der Waals surface area contributed by atoms with E-state index in [0.29, 0.717) is 0 Å². The first-order valence-electron chi connectivity index (χ1n) is 8.55. The van der Waals surface area contributed by atoms with Crippen LogP contribution in [0.5, 0.6) is 0 Å². The van der Waals surface area contributed by atoms with Crippen LogP contribution in [0.2, 0.25) is 0 Å². The van der Waals surface area contributed by atoms with Gasteiger partial charge in [-0.05, 0) is 33.1 Å². The molecule has 1 aliphatic rings. The van der Waals surface area contributed by atoms with Crippen molar-refractivity contribution in [1.29, 1.82) is 0 Å². The van der Waals surface area contributed by atoms with E-state index >= 15 is 0 Å². The maximum atomic E-state index is 12.4. The third kappa shape index (κ3) is 4.07. The summed E-state index contributed by atoms with van der Waals surface area (Å²) in [5, 5.41) is 2.43. The van der Waals surface area contributed by atoms with Crippen LogP contribution in [0.15, 0.2) is 35.7 Å². The van der Waals surface area contributed by atoms with Crippen LogP contribution < -0.4 is 0 Å². The minimum atomic E-state index is -0.552. The average molecular weight is 358 g/mol. The molecule has 0 aliphatic carbocycles. The minimum Gasteiger partial charge on any atom is -0.451 e. The van der Waals surface area contributed by atoms with Gasteiger partial charge in [-0.1, -0.05) is 30.3 Å². The number of esters is 1. The van der Waals surface area contributed by atoms with Crippen molar-refractivity contribution in [3.05, 3.63) is 41.4 Å². The molecule has 0 radical (unpaired) electrons. The lowest BCUT2D eigenvalue weighted by Crippen LogP contribution is -2.49. The molecular weight excluding hydrogens is 336 g/mol. The predicted octanol–water partition coefficient (Wildman–Crippen LogP) is 3.76. The molecular formula is C19H22N2O3S. The number of hydrogen-bond acceptors (Lipinski definition) is 5. The fraction of sp³-hybridized carbons (Fsp3) is 0.421. The summed E-state index contributed by atoms with van der Waals surface area (Å²) in [6, 6.07) is 10.0. The van der Waals surface area contributed by atoms with E-state index in [1.807, 2.05) is 49.1 Å². The van der Waals surface area contributed by atoms with Gasteiger partial charge in [0.1, 0.15) is 5.01 Å². The Morgan fingerprint density at radius 3 is 2.56 bits per heavy atom. The Bertz CT molecular complexity index is 734. The molecule has 0 spiro atoms. The van der Waals surface area contributed by atoms with Crippen LogP contribution in [-0.4, -0.2) is 40.5 Å². The SMILES string of the molecule is C[C@@H]1CCC[C@@H](C)N1C(=O)COC(=O)c1csc(-c2ccccc2)n1. The Balaban J connectivity index is 1.59. The molecule has 2 aromatic rings. The molecule has 1 fully saturated rings. The minimum absolute atomic E-state index is 0.133. The van der Waals surface area contributed by atoms with Crippen molar-refractivity contribution in [1.82, 2.24) is 9.88 Å². The molecule has 5 nitrogen and oxygen atoms in total. The second-order valence-electron chi connectivity index (χ2n) is 6.41. The van der Waals surface area contributed by atoms with E-state index in [1.165, 1.54) is 11.3 Å². The molecule has 25 heavy (non-hydrogen) atoms. The van der Waals surface area contributed by atoms with Gasteiger partial charge in [0.25, 0.3) is 5.91 Å².